The molecule has 0 saturated carbocycles. The topological polar surface area (TPSA) is 127 Å². The van der Waals surface area contributed by atoms with Gasteiger partial charge in [0.25, 0.3) is 11.2 Å². The van der Waals surface area contributed by atoms with Crippen LogP contribution in [0.1, 0.15) is 17.7 Å². The molecule has 26 heavy (non-hydrogen) atoms. The second-order valence-corrected chi connectivity index (χ2v) is 6.59. The number of nitro benzene ring substituents is 1. The highest BCUT2D eigenvalue weighted by Crippen LogP contribution is 2.29. The number of hydrogen-bond acceptors (Lipinski definition) is 7. The molecule has 0 unspecified atom stereocenters. The number of fused-ring (bicyclic) bond motifs is 1. The number of aryl methyl sites for hydroxylation is 1. The highest BCUT2D eigenvalue weighted by atomic mass is 32.2. The molecule has 1 amide bonds. The maximum absolute atomic E-state index is 12.1. The van der Waals surface area contributed by atoms with Crippen molar-refractivity contribution in [3.63, 3.8) is 0 Å². The molecule has 1 aromatic heterocycles. The van der Waals surface area contributed by atoms with E-state index in [0.717, 1.165) is 36.7 Å². The van der Waals surface area contributed by atoms with Crippen LogP contribution in [0, 0.1) is 10.1 Å². The third kappa shape index (κ3) is 3.85. The summed E-state index contributed by atoms with van der Waals surface area (Å²) in [5.41, 5.74) is 1.15. The zero-order chi connectivity index (χ0) is 18.7. The van der Waals surface area contributed by atoms with E-state index in [1.165, 1.54) is 25.3 Å². The number of nitrogens with one attached hydrogen (secondary N) is 2. The van der Waals surface area contributed by atoms with Crippen molar-refractivity contribution in [2.24, 2.45) is 0 Å². The number of hydrogen-bond donors (Lipinski definition) is 2. The number of ether oxygens (including phenoxy) is 1. The molecule has 1 aliphatic carbocycles. The van der Waals surface area contributed by atoms with E-state index < -0.39 is 10.8 Å². The van der Waals surface area contributed by atoms with Gasteiger partial charge in [-0.2, -0.15) is 0 Å². The van der Waals surface area contributed by atoms with Crippen molar-refractivity contribution < 1.29 is 14.5 Å². The lowest BCUT2D eigenvalue weighted by atomic mass is 10.2. The highest BCUT2D eigenvalue weighted by molar-refractivity contribution is 7.99. The van der Waals surface area contributed by atoms with Gasteiger partial charge in [-0.1, -0.05) is 11.8 Å². The van der Waals surface area contributed by atoms with Crippen LogP contribution in [0.2, 0.25) is 0 Å². The number of H-pyrrole nitrogens is 1. The Bertz CT molecular complexity index is 927. The fraction of sp³-hybridized carbons (Fsp3) is 0.312. The summed E-state index contributed by atoms with van der Waals surface area (Å²) in [7, 11) is 1.40. The molecule has 0 spiro atoms. The van der Waals surface area contributed by atoms with Gasteiger partial charge in [-0.05, 0) is 31.4 Å². The minimum Gasteiger partial charge on any atom is -0.496 e. The van der Waals surface area contributed by atoms with Crippen LogP contribution in [-0.4, -0.2) is 33.7 Å². The molecule has 1 heterocycles. The number of amides is 1. The van der Waals surface area contributed by atoms with Crippen molar-refractivity contribution in [1.29, 1.82) is 0 Å². The fourth-order valence-electron chi connectivity index (χ4n) is 2.70. The van der Waals surface area contributed by atoms with Crippen LogP contribution >= 0.6 is 11.8 Å². The van der Waals surface area contributed by atoms with E-state index >= 15 is 0 Å². The smallest absolute Gasteiger partial charge is 0.296 e. The number of methoxy groups -OCH3 is 1. The molecule has 2 aromatic rings. The van der Waals surface area contributed by atoms with Gasteiger partial charge >= 0.3 is 0 Å². The molecular formula is C16H16N4O5S. The van der Waals surface area contributed by atoms with Crippen molar-refractivity contribution in [1.82, 2.24) is 9.97 Å². The summed E-state index contributed by atoms with van der Waals surface area (Å²) in [6.07, 6.45) is 2.39. The van der Waals surface area contributed by atoms with Gasteiger partial charge in [0.05, 0.1) is 29.5 Å². The van der Waals surface area contributed by atoms with E-state index in [4.69, 9.17) is 4.74 Å². The number of aromatic nitrogens is 2. The molecular weight excluding hydrogens is 360 g/mol. The van der Waals surface area contributed by atoms with Gasteiger partial charge in [-0.3, -0.25) is 19.7 Å². The Morgan fingerprint density at radius 1 is 1.46 bits per heavy atom. The summed E-state index contributed by atoms with van der Waals surface area (Å²) in [5, 5.41) is 14.0. The number of nitrogens with zero attached hydrogens (tertiary/aromatic N) is 2. The Kier molecular flexibility index (Phi) is 5.21. The van der Waals surface area contributed by atoms with E-state index in [-0.39, 0.29) is 22.7 Å². The second-order valence-electron chi connectivity index (χ2n) is 5.63. The average molecular weight is 376 g/mol. The fourth-order valence-corrected chi connectivity index (χ4v) is 3.38. The summed E-state index contributed by atoms with van der Waals surface area (Å²) >= 11 is 1.08. The second kappa shape index (κ2) is 7.56. The number of carbonyl (C=O) groups excluding carboxylic acids is 1. The van der Waals surface area contributed by atoms with E-state index in [0.29, 0.717) is 16.5 Å². The number of benzene rings is 1. The van der Waals surface area contributed by atoms with Gasteiger partial charge in [0, 0.05) is 5.56 Å². The zero-order valence-corrected chi connectivity index (χ0v) is 14.7. The summed E-state index contributed by atoms with van der Waals surface area (Å²) in [5.74, 6) is -0.152. The minimum atomic E-state index is -0.592. The summed E-state index contributed by atoms with van der Waals surface area (Å²) in [6, 6.07) is 4.17. The third-order valence-electron chi connectivity index (χ3n) is 3.94. The van der Waals surface area contributed by atoms with Gasteiger partial charge in [0.1, 0.15) is 11.4 Å². The molecule has 10 heteroatoms. The highest BCUT2D eigenvalue weighted by Gasteiger charge is 2.19. The maximum atomic E-state index is 12.1. The first-order valence-corrected chi connectivity index (χ1v) is 8.83. The number of carbonyl (C=O) groups is 1. The number of nitro groups is 1. The van der Waals surface area contributed by atoms with Gasteiger partial charge in [0.2, 0.25) is 5.91 Å². The number of anilines is 1. The van der Waals surface area contributed by atoms with Crippen LogP contribution in [0.3, 0.4) is 0 Å². The molecule has 0 radical (unpaired) electrons. The van der Waals surface area contributed by atoms with Crippen molar-refractivity contribution in [2.45, 2.75) is 24.4 Å². The Labute approximate surface area is 152 Å². The average Bonchev–Trinajstić information content (AvgIpc) is 3.09. The normalized spacial score (nSPS) is 12.5. The maximum Gasteiger partial charge on any atom is 0.296 e. The van der Waals surface area contributed by atoms with Crippen LogP contribution in [0.25, 0.3) is 0 Å². The van der Waals surface area contributed by atoms with Crippen LogP contribution in [-0.2, 0) is 17.6 Å². The quantitative estimate of drug-likeness (QED) is 0.341. The molecule has 0 bridgehead atoms. The lowest BCUT2D eigenvalue weighted by molar-refractivity contribution is -0.384. The predicted octanol–water partition coefficient (Wildman–Crippen LogP) is 1.91. The molecule has 1 aromatic carbocycles. The molecule has 3 rings (SSSR count). The predicted molar refractivity (Wildman–Crippen MR) is 95.9 cm³/mol. The van der Waals surface area contributed by atoms with Crippen molar-refractivity contribution >= 4 is 29.0 Å². The van der Waals surface area contributed by atoms with E-state index in [1.807, 2.05) is 0 Å². The van der Waals surface area contributed by atoms with Crippen LogP contribution in [0.4, 0.5) is 11.4 Å². The molecule has 2 N–H and O–H groups in total. The Morgan fingerprint density at radius 3 is 3.00 bits per heavy atom. The molecule has 0 aliphatic heterocycles. The van der Waals surface area contributed by atoms with Crippen molar-refractivity contribution in [2.75, 3.05) is 18.2 Å². The summed E-state index contributed by atoms with van der Waals surface area (Å²) in [6.45, 7) is 0. The molecule has 0 fully saturated rings. The largest absolute Gasteiger partial charge is 0.496 e. The van der Waals surface area contributed by atoms with Gasteiger partial charge < -0.3 is 15.0 Å². The van der Waals surface area contributed by atoms with E-state index in [1.54, 1.807) is 0 Å². The Balaban J connectivity index is 1.68. The van der Waals surface area contributed by atoms with Crippen molar-refractivity contribution in [3.8, 4) is 5.75 Å². The first-order valence-electron chi connectivity index (χ1n) is 7.85. The zero-order valence-electron chi connectivity index (χ0n) is 13.9. The monoisotopic (exact) mass is 376 g/mol. The number of aromatic amines is 1. The summed E-state index contributed by atoms with van der Waals surface area (Å²) < 4.78 is 4.95. The molecule has 0 atom stereocenters. The van der Waals surface area contributed by atoms with Gasteiger partial charge in [-0.25, -0.2) is 4.98 Å². The minimum absolute atomic E-state index is 0.0368. The van der Waals surface area contributed by atoms with E-state index in [2.05, 4.69) is 15.3 Å². The molecule has 1 aliphatic rings. The van der Waals surface area contributed by atoms with Crippen LogP contribution in [0.5, 0.6) is 5.75 Å². The van der Waals surface area contributed by atoms with E-state index in [9.17, 15) is 19.7 Å². The first kappa shape index (κ1) is 17.9. The molecule has 136 valence electrons. The Morgan fingerprint density at radius 2 is 2.27 bits per heavy atom. The van der Waals surface area contributed by atoms with Crippen LogP contribution in [0.15, 0.2) is 28.2 Å². The van der Waals surface area contributed by atoms with Gasteiger partial charge in [-0.15, -0.1) is 0 Å². The van der Waals surface area contributed by atoms with Gasteiger partial charge in [0.15, 0.2) is 5.16 Å². The Hall–Kier alpha value is -2.88. The SMILES string of the molecule is COc1ccc(NC(=O)CSc2nc3c(c(=O)[nH]2)CCC3)c([N+](=O)[O-])c1. The molecule has 0 saturated heterocycles. The van der Waals surface area contributed by atoms with Crippen molar-refractivity contribution in [3.05, 3.63) is 49.9 Å². The van der Waals surface area contributed by atoms with Crippen LogP contribution < -0.4 is 15.6 Å². The summed E-state index contributed by atoms with van der Waals surface area (Å²) in [4.78, 5) is 41.7. The third-order valence-corrected chi connectivity index (χ3v) is 4.81. The number of rotatable bonds is 6. The first-order chi connectivity index (χ1) is 12.5. The lowest BCUT2D eigenvalue weighted by Crippen LogP contribution is -2.18. The standard InChI is InChI=1S/C16H16N4O5S/c1-25-9-5-6-12(13(7-9)20(23)24)17-14(21)8-26-16-18-11-4-2-3-10(11)15(22)19-16/h5-7H,2-4,8H2,1H3,(H,17,21)(H,18,19,22). The lowest BCUT2D eigenvalue weighted by Gasteiger charge is -2.08. The molecule has 9 nitrogen and oxygen atoms in total. The number of thioether (sulfide) groups is 1.